The first-order valence-electron chi connectivity index (χ1n) is 6.47. The van der Waals surface area contributed by atoms with Crippen molar-refractivity contribution in [2.75, 3.05) is 0 Å². The van der Waals surface area contributed by atoms with Gasteiger partial charge >= 0.3 is 0 Å². The average molecular weight is 347 g/mol. The molecule has 3 rings (SSSR count). The number of hydrogen-bond acceptors (Lipinski definition) is 3. The summed E-state index contributed by atoms with van der Waals surface area (Å²) in [6, 6.07) is 10.2. The van der Waals surface area contributed by atoms with Crippen LogP contribution in [0.15, 0.2) is 53.3 Å². The third-order valence-corrected chi connectivity index (χ3v) is 4.21. The molecule has 0 saturated heterocycles. The number of fused-ring (bicyclic) bond motifs is 1. The van der Waals surface area contributed by atoms with Gasteiger partial charge in [-0.25, -0.2) is 4.39 Å². The molecule has 0 radical (unpaired) electrons. The Morgan fingerprint density at radius 3 is 2.67 bits per heavy atom. The van der Waals surface area contributed by atoms with Gasteiger partial charge in [-0.3, -0.25) is 9.97 Å². The number of halogens is 2. The lowest BCUT2D eigenvalue weighted by Crippen LogP contribution is -2.03. The second-order valence-electron chi connectivity index (χ2n) is 4.74. The van der Waals surface area contributed by atoms with Crippen LogP contribution in [0.25, 0.3) is 11.0 Å². The van der Waals surface area contributed by atoms with Gasteiger partial charge in [0, 0.05) is 18.8 Å². The van der Waals surface area contributed by atoms with Crippen LogP contribution in [0, 0.1) is 5.82 Å². The van der Waals surface area contributed by atoms with Crippen molar-refractivity contribution in [2.24, 2.45) is 0 Å². The van der Waals surface area contributed by atoms with Gasteiger partial charge in [0.25, 0.3) is 0 Å². The fourth-order valence-corrected chi connectivity index (χ4v) is 2.65. The van der Waals surface area contributed by atoms with E-state index in [0.29, 0.717) is 10.9 Å². The molecular weight excluding hydrogens is 335 g/mol. The Morgan fingerprint density at radius 1 is 1.10 bits per heavy atom. The minimum atomic E-state index is -0.727. The van der Waals surface area contributed by atoms with Crippen LogP contribution in [0.2, 0.25) is 0 Å². The van der Waals surface area contributed by atoms with Crippen LogP contribution in [0.3, 0.4) is 0 Å². The Kier molecular flexibility index (Phi) is 3.94. The van der Waals surface area contributed by atoms with E-state index in [1.165, 1.54) is 6.07 Å². The predicted molar refractivity (Wildman–Crippen MR) is 82.3 cm³/mol. The maximum Gasteiger partial charge on any atom is 0.137 e. The summed E-state index contributed by atoms with van der Waals surface area (Å²) in [5.41, 5.74) is 2.97. The van der Waals surface area contributed by atoms with Gasteiger partial charge < -0.3 is 5.11 Å². The Bertz CT molecular complexity index is 794. The minimum Gasteiger partial charge on any atom is -0.388 e. The first-order chi connectivity index (χ1) is 10.1. The summed E-state index contributed by atoms with van der Waals surface area (Å²) in [5.74, 6) is -0.330. The molecule has 0 aliphatic rings. The molecule has 0 aliphatic carbocycles. The highest BCUT2D eigenvalue weighted by Gasteiger charge is 2.13. The van der Waals surface area contributed by atoms with Crippen LogP contribution in [-0.2, 0) is 6.42 Å². The van der Waals surface area contributed by atoms with Gasteiger partial charge in [0.15, 0.2) is 0 Å². The van der Waals surface area contributed by atoms with Gasteiger partial charge in [-0.1, -0.05) is 18.2 Å². The summed E-state index contributed by atoms with van der Waals surface area (Å²) >= 11 is 3.21. The molecule has 0 saturated carbocycles. The maximum absolute atomic E-state index is 13.5. The number of benzene rings is 2. The quantitative estimate of drug-likeness (QED) is 0.784. The topological polar surface area (TPSA) is 46.0 Å². The Morgan fingerprint density at radius 2 is 1.86 bits per heavy atom. The smallest absolute Gasteiger partial charge is 0.137 e. The number of nitrogens with zero attached hydrogens (tertiary/aromatic N) is 2. The predicted octanol–water partition coefficient (Wildman–Crippen LogP) is 3.81. The molecule has 3 aromatic rings. The van der Waals surface area contributed by atoms with Gasteiger partial charge in [-0.05, 0) is 45.3 Å². The molecule has 1 heterocycles. The van der Waals surface area contributed by atoms with Crippen molar-refractivity contribution in [1.82, 2.24) is 9.97 Å². The van der Waals surface area contributed by atoms with Gasteiger partial charge in [-0.2, -0.15) is 0 Å². The highest BCUT2D eigenvalue weighted by atomic mass is 79.9. The Balaban J connectivity index is 1.89. The molecule has 1 N–H and O–H groups in total. The zero-order valence-electron chi connectivity index (χ0n) is 11.0. The summed E-state index contributed by atoms with van der Waals surface area (Å²) in [5, 5.41) is 10.4. The summed E-state index contributed by atoms with van der Waals surface area (Å²) in [4.78, 5) is 8.41. The molecule has 1 atom stereocenters. The van der Waals surface area contributed by atoms with E-state index in [2.05, 4.69) is 25.9 Å². The van der Waals surface area contributed by atoms with Crippen molar-refractivity contribution in [3.8, 4) is 0 Å². The molecule has 0 aliphatic heterocycles. The van der Waals surface area contributed by atoms with Crippen molar-refractivity contribution in [3.05, 3.63) is 70.2 Å². The third-order valence-electron chi connectivity index (χ3n) is 3.32. The van der Waals surface area contributed by atoms with E-state index in [4.69, 9.17) is 0 Å². The maximum atomic E-state index is 13.5. The van der Waals surface area contributed by atoms with Crippen molar-refractivity contribution >= 4 is 27.0 Å². The van der Waals surface area contributed by atoms with E-state index in [9.17, 15) is 9.50 Å². The molecule has 21 heavy (non-hydrogen) atoms. The lowest BCUT2D eigenvalue weighted by Gasteiger charge is -2.13. The van der Waals surface area contributed by atoms with E-state index in [1.54, 1.807) is 30.6 Å². The number of rotatable bonds is 3. The lowest BCUT2D eigenvalue weighted by molar-refractivity contribution is 0.178. The highest BCUT2D eigenvalue weighted by molar-refractivity contribution is 9.10. The van der Waals surface area contributed by atoms with Crippen LogP contribution in [0.1, 0.15) is 17.2 Å². The van der Waals surface area contributed by atoms with Crippen molar-refractivity contribution < 1.29 is 9.50 Å². The van der Waals surface area contributed by atoms with Crippen LogP contribution >= 0.6 is 15.9 Å². The van der Waals surface area contributed by atoms with Crippen LogP contribution < -0.4 is 0 Å². The minimum absolute atomic E-state index is 0.324. The van der Waals surface area contributed by atoms with Gasteiger partial charge in [0.2, 0.25) is 0 Å². The standard InChI is InChI=1S/C16H12BrFN2O/c17-16-11(2-1-3-12(16)18)9-15(21)10-4-5-13-14(8-10)20-7-6-19-13/h1-8,15,21H,9H2. The fraction of sp³-hybridized carbons (Fsp3) is 0.125. The number of hydrogen-bond donors (Lipinski definition) is 1. The van der Waals surface area contributed by atoms with E-state index in [0.717, 1.165) is 22.2 Å². The molecule has 0 fully saturated rings. The molecule has 5 heteroatoms. The van der Waals surface area contributed by atoms with Gasteiger partial charge in [-0.15, -0.1) is 0 Å². The SMILES string of the molecule is OC(Cc1cccc(F)c1Br)c1ccc2nccnc2c1. The molecule has 106 valence electrons. The van der Waals surface area contributed by atoms with Crippen molar-refractivity contribution in [2.45, 2.75) is 12.5 Å². The van der Waals surface area contributed by atoms with Crippen LogP contribution in [0.5, 0.6) is 0 Å². The molecule has 3 nitrogen and oxygen atoms in total. The molecular formula is C16H12BrFN2O. The first kappa shape index (κ1) is 14.1. The lowest BCUT2D eigenvalue weighted by atomic mass is 10.0. The summed E-state index contributed by atoms with van der Waals surface area (Å²) < 4.78 is 13.9. The highest BCUT2D eigenvalue weighted by Crippen LogP contribution is 2.26. The zero-order valence-corrected chi connectivity index (χ0v) is 12.6. The largest absolute Gasteiger partial charge is 0.388 e. The Labute approximate surface area is 129 Å². The van der Waals surface area contributed by atoms with E-state index < -0.39 is 6.10 Å². The molecule has 1 aromatic heterocycles. The first-order valence-corrected chi connectivity index (χ1v) is 7.26. The summed E-state index contributed by atoms with van der Waals surface area (Å²) in [6.07, 6.45) is 2.84. The Hall–Kier alpha value is -1.85. The van der Waals surface area contributed by atoms with Crippen LogP contribution in [0.4, 0.5) is 4.39 Å². The normalized spacial score (nSPS) is 12.5. The summed E-state index contributed by atoms with van der Waals surface area (Å²) in [6.45, 7) is 0. The van der Waals surface area contributed by atoms with Crippen LogP contribution in [-0.4, -0.2) is 15.1 Å². The molecule has 2 aromatic carbocycles. The van der Waals surface area contributed by atoms with E-state index in [1.807, 2.05) is 12.1 Å². The number of aliphatic hydroxyl groups is 1. The second kappa shape index (κ2) is 5.87. The number of aromatic nitrogens is 2. The number of aliphatic hydroxyl groups excluding tert-OH is 1. The monoisotopic (exact) mass is 346 g/mol. The van der Waals surface area contributed by atoms with Crippen molar-refractivity contribution in [1.29, 1.82) is 0 Å². The van der Waals surface area contributed by atoms with E-state index in [-0.39, 0.29) is 5.82 Å². The van der Waals surface area contributed by atoms with E-state index >= 15 is 0 Å². The molecule has 1 unspecified atom stereocenters. The molecule has 0 spiro atoms. The average Bonchev–Trinajstić information content (AvgIpc) is 2.51. The van der Waals surface area contributed by atoms with Gasteiger partial charge in [0.05, 0.1) is 21.6 Å². The summed E-state index contributed by atoms with van der Waals surface area (Å²) in [7, 11) is 0. The van der Waals surface area contributed by atoms with Crippen molar-refractivity contribution in [3.63, 3.8) is 0 Å². The fourth-order valence-electron chi connectivity index (χ4n) is 2.22. The third kappa shape index (κ3) is 2.94. The molecule has 0 amide bonds. The zero-order chi connectivity index (χ0) is 14.8. The van der Waals surface area contributed by atoms with Gasteiger partial charge in [0.1, 0.15) is 5.82 Å². The second-order valence-corrected chi connectivity index (χ2v) is 5.53. The molecule has 0 bridgehead atoms.